The Hall–Kier alpha value is -2.41. The molecule has 0 aliphatic rings. The molecule has 0 amide bonds. The van der Waals surface area contributed by atoms with E-state index in [0.717, 1.165) is 5.69 Å². The van der Waals surface area contributed by atoms with Crippen LogP contribution in [-0.2, 0) is 6.54 Å². The smallest absolute Gasteiger partial charge is 0.259 e. The largest absolute Gasteiger partial charge is 0.494 e. The van der Waals surface area contributed by atoms with Crippen molar-refractivity contribution in [2.45, 2.75) is 13.5 Å². The van der Waals surface area contributed by atoms with Crippen molar-refractivity contribution in [3.05, 3.63) is 57.2 Å². The normalized spacial score (nSPS) is 10.9. The van der Waals surface area contributed by atoms with Crippen LogP contribution in [0.1, 0.15) is 11.4 Å². The molecule has 1 aromatic carbocycles. The summed E-state index contributed by atoms with van der Waals surface area (Å²) >= 11 is 1.42. The number of ether oxygens (including phenoxy) is 1. The molecule has 0 saturated carbocycles. The Bertz CT molecular complexity index is 888. The highest BCUT2D eigenvalue weighted by Crippen LogP contribution is 2.25. The van der Waals surface area contributed by atoms with E-state index in [4.69, 9.17) is 4.74 Å². The number of benzene rings is 1. The van der Waals surface area contributed by atoms with Gasteiger partial charge in [0.25, 0.3) is 5.56 Å². The maximum absolute atomic E-state index is 13.2. The number of fused-ring (bicyclic) bond motifs is 1. The van der Waals surface area contributed by atoms with Crippen molar-refractivity contribution < 1.29 is 9.13 Å². The summed E-state index contributed by atoms with van der Waals surface area (Å²) in [5, 5.41) is 5.00. The zero-order valence-corrected chi connectivity index (χ0v) is 12.9. The van der Waals surface area contributed by atoms with Gasteiger partial charge in [0.05, 0.1) is 25.0 Å². The van der Waals surface area contributed by atoms with Crippen LogP contribution in [0.25, 0.3) is 4.96 Å². The first-order valence-corrected chi connectivity index (χ1v) is 7.50. The zero-order valence-electron chi connectivity index (χ0n) is 12.1. The molecule has 7 heteroatoms. The summed E-state index contributed by atoms with van der Waals surface area (Å²) in [5.74, 6) is 0.0408. The van der Waals surface area contributed by atoms with E-state index in [1.54, 1.807) is 10.5 Å². The molecule has 0 spiro atoms. The molecule has 3 rings (SSSR count). The summed E-state index contributed by atoms with van der Waals surface area (Å²) in [4.78, 5) is 17.2. The van der Waals surface area contributed by atoms with Crippen LogP contribution in [0, 0.1) is 12.7 Å². The number of aryl methyl sites for hydroxylation is 1. The molecule has 2 aromatic heterocycles. The molecular weight excluding hydrogens is 305 g/mol. The topological polar surface area (TPSA) is 55.6 Å². The zero-order chi connectivity index (χ0) is 15.7. The predicted octanol–water partition coefficient (Wildman–Crippen LogP) is 2.82. The van der Waals surface area contributed by atoms with Gasteiger partial charge in [0.1, 0.15) is 11.6 Å². The fourth-order valence-corrected chi connectivity index (χ4v) is 3.08. The molecule has 0 fully saturated rings. The quantitative estimate of drug-likeness (QED) is 0.803. The fourth-order valence-electron chi connectivity index (χ4n) is 2.19. The van der Waals surface area contributed by atoms with E-state index in [2.05, 4.69) is 10.3 Å². The Labute approximate surface area is 130 Å². The third-order valence-electron chi connectivity index (χ3n) is 3.25. The molecule has 0 aliphatic carbocycles. The second kappa shape index (κ2) is 5.76. The minimum absolute atomic E-state index is 0.105. The Balaban J connectivity index is 1.87. The Morgan fingerprint density at radius 3 is 3.00 bits per heavy atom. The van der Waals surface area contributed by atoms with Gasteiger partial charge in [-0.3, -0.25) is 9.20 Å². The molecule has 0 unspecified atom stereocenters. The monoisotopic (exact) mass is 319 g/mol. The van der Waals surface area contributed by atoms with Crippen molar-refractivity contribution in [3.63, 3.8) is 0 Å². The first-order valence-electron chi connectivity index (χ1n) is 6.62. The first kappa shape index (κ1) is 14.5. The number of hydrogen-bond donors (Lipinski definition) is 1. The second-order valence-corrected chi connectivity index (χ2v) is 5.62. The van der Waals surface area contributed by atoms with E-state index >= 15 is 0 Å². The molecule has 0 aliphatic heterocycles. The summed E-state index contributed by atoms with van der Waals surface area (Å²) in [6, 6.07) is 5.74. The molecular formula is C15H14FN3O2S. The third-order valence-corrected chi connectivity index (χ3v) is 4.20. The lowest BCUT2D eigenvalue weighted by Gasteiger charge is -2.10. The summed E-state index contributed by atoms with van der Waals surface area (Å²) in [6.07, 6.45) is 0. The molecule has 114 valence electrons. The van der Waals surface area contributed by atoms with Gasteiger partial charge < -0.3 is 10.1 Å². The van der Waals surface area contributed by atoms with Gasteiger partial charge in [-0.25, -0.2) is 9.37 Å². The highest BCUT2D eigenvalue weighted by atomic mass is 32.1. The van der Waals surface area contributed by atoms with Crippen LogP contribution < -0.4 is 15.6 Å². The van der Waals surface area contributed by atoms with E-state index in [-0.39, 0.29) is 11.4 Å². The molecule has 0 radical (unpaired) electrons. The number of rotatable bonds is 4. The Kier molecular flexibility index (Phi) is 3.81. The fraction of sp³-hybridized carbons (Fsp3) is 0.200. The van der Waals surface area contributed by atoms with Crippen LogP contribution in [0.5, 0.6) is 5.75 Å². The number of thiazole rings is 1. The van der Waals surface area contributed by atoms with Gasteiger partial charge in [-0.1, -0.05) is 0 Å². The summed E-state index contributed by atoms with van der Waals surface area (Å²) in [7, 11) is 1.48. The SMILES string of the molecule is COc1cc(F)ccc1NCc1cc(=O)n2c(C)csc2n1. The van der Waals surface area contributed by atoms with Crippen LogP contribution >= 0.6 is 11.3 Å². The maximum Gasteiger partial charge on any atom is 0.259 e. The van der Waals surface area contributed by atoms with Gasteiger partial charge in [0.15, 0.2) is 4.96 Å². The molecule has 5 nitrogen and oxygen atoms in total. The van der Waals surface area contributed by atoms with Crippen molar-refractivity contribution in [2.24, 2.45) is 0 Å². The van der Waals surface area contributed by atoms with Gasteiger partial charge in [-0.05, 0) is 19.1 Å². The van der Waals surface area contributed by atoms with Crippen molar-refractivity contribution in [3.8, 4) is 5.75 Å². The van der Waals surface area contributed by atoms with Gasteiger partial charge in [0, 0.05) is 23.2 Å². The number of hydrogen-bond acceptors (Lipinski definition) is 5. The lowest BCUT2D eigenvalue weighted by atomic mass is 10.2. The molecule has 0 saturated heterocycles. The van der Waals surface area contributed by atoms with Crippen molar-refractivity contribution in [1.29, 1.82) is 0 Å². The lowest BCUT2D eigenvalue weighted by molar-refractivity contribution is 0.413. The number of nitrogens with zero attached hydrogens (tertiary/aromatic N) is 2. The molecule has 22 heavy (non-hydrogen) atoms. The maximum atomic E-state index is 13.2. The van der Waals surface area contributed by atoms with Gasteiger partial charge in [0.2, 0.25) is 0 Å². The summed E-state index contributed by atoms with van der Waals surface area (Å²) in [5.41, 5.74) is 2.04. The van der Waals surface area contributed by atoms with Crippen LogP contribution in [0.3, 0.4) is 0 Å². The number of halogens is 1. The predicted molar refractivity (Wildman–Crippen MR) is 84.4 cm³/mol. The summed E-state index contributed by atoms with van der Waals surface area (Å²) in [6.45, 7) is 2.22. The summed E-state index contributed by atoms with van der Waals surface area (Å²) < 4.78 is 19.9. The average Bonchev–Trinajstić information content (AvgIpc) is 2.87. The number of anilines is 1. The Morgan fingerprint density at radius 2 is 2.23 bits per heavy atom. The van der Waals surface area contributed by atoms with E-state index in [0.29, 0.717) is 28.6 Å². The molecule has 1 N–H and O–H groups in total. The van der Waals surface area contributed by atoms with Crippen LogP contribution in [0.15, 0.2) is 34.4 Å². The second-order valence-electron chi connectivity index (χ2n) is 4.78. The standard InChI is InChI=1S/C15H14FN3O2S/c1-9-8-22-15-18-11(6-14(20)19(9)15)7-17-12-4-3-10(16)5-13(12)21-2/h3-6,8,17H,7H2,1-2H3. The molecule has 2 heterocycles. The van der Waals surface area contributed by atoms with Crippen molar-refractivity contribution >= 4 is 22.0 Å². The van der Waals surface area contributed by atoms with Crippen molar-refractivity contribution in [1.82, 2.24) is 9.38 Å². The highest BCUT2D eigenvalue weighted by Gasteiger charge is 2.08. The van der Waals surface area contributed by atoms with Crippen LogP contribution in [0.2, 0.25) is 0 Å². The van der Waals surface area contributed by atoms with E-state index in [1.165, 1.54) is 36.6 Å². The minimum atomic E-state index is -0.366. The van der Waals surface area contributed by atoms with E-state index < -0.39 is 0 Å². The lowest BCUT2D eigenvalue weighted by Crippen LogP contribution is -2.16. The van der Waals surface area contributed by atoms with E-state index in [1.807, 2.05) is 12.3 Å². The number of nitrogens with one attached hydrogen (secondary N) is 1. The van der Waals surface area contributed by atoms with E-state index in [9.17, 15) is 9.18 Å². The van der Waals surface area contributed by atoms with Crippen molar-refractivity contribution in [2.75, 3.05) is 12.4 Å². The molecule has 0 bridgehead atoms. The number of methoxy groups -OCH3 is 1. The van der Waals surface area contributed by atoms with Gasteiger partial charge in [-0.15, -0.1) is 11.3 Å². The molecule has 0 atom stereocenters. The average molecular weight is 319 g/mol. The number of aromatic nitrogens is 2. The van der Waals surface area contributed by atoms with Crippen LogP contribution in [0.4, 0.5) is 10.1 Å². The first-order chi connectivity index (χ1) is 10.6. The Morgan fingerprint density at radius 1 is 1.41 bits per heavy atom. The highest BCUT2D eigenvalue weighted by molar-refractivity contribution is 7.15. The van der Waals surface area contributed by atoms with Gasteiger partial charge >= 0.3 is 0 Å². The van der Waals surface area contributed by atoms with Crippen LogP contribution in [-0.4, -0.2) is 16.5 Å². The minimum Gasteiger partial charge on any atom is -0.494 e. The van der Waals surface area contributed by atoms with Gasteiger partial charge in [-0.2, -0.15) is 0 Å². The third kappa shape index (κ3) is 2.67. The molecule has 3 aromatic rings.